The second kappa shape index (κ2) is 6.13. The molecule has 1 aliphatic rings. The highest BCUT2D eigenvalue weighted by Gasteiger charge is 2.23. The third kappa shape index (κ3) is 3.41. The van der Waals surface area contributed by atoms with Gasteiger partial charge in [0.1, 0.15) is 0 Å². The molecule has 0 aromatic carbocycles. The molecule has 0 amide bonds. The minimum Gasteiger partial charge on any atom is -0.371 e. The highest BCUT2D eigenvalue weighted by atomic mass is 16.5. The Morgan fingerprint density at radius 3 is 2.94 bits per heavy atom. The van der Waals surface area contributed by atoms with Crippen LogP contribution in [0.3, 0.4) is 0 Å². The topological polar surface area (TPSA) is 60.5 Å². The molecule has 0 saturated carbocycles. The first-order chi connectivity index (χ1) is 8.69. The van der Waals surface area contributed by atoms with Gasteiger partial charge in [0.05, 0.1) is 12.2 Å². The van der Waals surface area contributed by atoms with E-state index in [4.69, 9.17) is 10.5 Å². The zero-order chi connectivity index (χ0) is 13.0. The third-order valence-electron chi connectivity index (χ3n) is 3.22. The van der Waals surface area contributed by atoms with E-state index in [2.05, 4.69) is 11.8 Å². The van der Waals surface area contributed by atoms with Gasteiger partial charge >= 0.3 is 0 Å². The van der Waals surface area contributed by atoms with Crippen molar-refractivity contribution in [2.45, 2.75) is 25.7 Å². The van der Waals surface area contributed by atoms with E-state index in [0.717, 1.165) is 19.6 Å². The maximum atomic E-state index is 11.6. The van der Waals surface area contributed by atoms with Crippen molar-refractivity contribution in [3.8, 4) is 0 Å². The molecule has 0 radical (unpaired) electrons. The van der Waals surface area contributed by atoms with Gasteiger partial charge in [-0.25, -0.2) is 0 Å². The smallest absolute Gasteiger partial charge is 0.250 e. The number of hydrogen-bond donors (Lipinski definition) is 1. The van der Waals surface area contributed by atoms with E-state index in [1.807, 2.05) is 12.3 Å². The van der Waals surface area contributed by atoms with E-state index in [-0.39, 0.29) is 17.8 Å². The van der Waals surface area contributed by atoms with Gasteiger partial charge in [-0.1, -0.05) is 6.07 Å². The van der Waals surface area contributed by atoms with Crippen LogP contribution in [0.15, 0.2) is 29.2 Å². The Kier molecular flexibility index (Phi) is 4.52. The van der Waals surface area contributed by atoms with Crippen LogP contribution in [0.5, 0.6) is 0 Å². The van der Waals surface area contributed by atoms with Crippen molar-refractivity contribution in [3.05, 3.63) is 34.7 Å². The van der Waals surface area contributed by atoms with Crippen LogP contribution in [-0.2, 0) is 11.3 Å². The number of aromatic nitrogens is 1. The molecule has 100 valence electrons. The Morgan fingerprint density at radius 1 is 1.39 bits per heavy atom. The second-order valence-electron chi connectivity index (χ2n) is 4.80. The molecular formula is C13H21N3O2. The van der Waals surface area contributed by atoms with Crippen LogP contribution in [0.25, 0.3) is 0 Å². The molecule has 0 aliphatic carbocycles. The highest BCUT2D eigenvalue weighted by molar-refractivity contribution is 4.93. The summed E-state index contributed by atoms with van der Waals surface area (Å²) >= 11 is 0. The Balaban J connectivity index is 1.90. The minimum atomic E-state index is 0.0502. The summed E-state index contributed by atoms with van der Waals surface area (Å²) in [4.78, 5) is 13.9. The Labute approximate surface area is 107 Å². The summed E-state index contributed by atoms with van der Waals surface area (Å²) in [5.74, 6) is 0. The zero-order valence-electron chi connectivity index (χ0n) is 10.8. The van der Waals surface area contributed by atoms with Gasteiger partial charge in [0, 0.05) is 45.0 Å². The minimum absolute atomic E-state index is 0.0502. The van der Waals surface area contributed by atoms with Crippen molar-refractivity contribution in [2.24, 2.45) is 5.73 Å². The molecule has 1 fully saturated rings. The first kappa shape index (κ1) is 13.3. The average Bonchev–Trinajstić information content (AvgIpc) is 2.37. The normalized spacial score (nSPS) is 25.2. The van der Waals surface area contributed by atoms with Gasteiger partial charge in [0.2, 0.25) is 0 Å². The molecule has 2 unspecified atom stereocenters. The van der Waals surface area contributed by atoms with E-state index in [1.54, 1.807) is 16.7 Å². The zero-order valence-corrected chi connectivity index (χ0v) is 10.8. The van der Waals surface area contributed by atoms with Crippen molar-refractivity contribution >= 4 is 0 Å². The number of nitrogens with two attached hydrogens (primary N) is 1. The van der Waals surface area contributed by atoms with Crippen molar-refractivity contribution < 1.29 is 4.74 Å². The lowest BCUT2D eigenvalue weighted by Gasteiger charge is -2.36. The third-order valence-corrected chi connectivity index (χ3v) is 3.22. The molecule has 1 aromatic rings. The standard InChI is InChI=1S/C13H21N3O2/c1-11-9-15(10-12(8-14)18-11)6-7-16-5-3-2-4-13(16)17/h2-5,11-12H,6-10,14H2,1H3. The molecule has 2 rings (SSSR count). The van der Waals surface area contributed by atoms with Crippen molar-refractivity contribution in [1.82, 2.24) is 9.47 Å². The van der Waals surface area contributed by atoms with E-state index in [0.29, 0.717) is 13.1 Å². The summed E-state index contributed by atoms with van der Waals surface area (Å²) in [5.41, 5.74) is 5.70. The largest absolute Gasteiger partial charge is 0.371 e. The van der Waals surface area contributed by atoms with Crippen LogP contribution >= 0.6 is 0 Å². The van der Waals surface area contributed by atoms with Gasteiger partial charge in [-0.2, -0.15) is 0 Å². The average molecular weight is 251 g/mol. The number of morpholine rings is 1. The van der Waals surface area contributed by atoms with Crippen molar-refractivity contribution in [2.75, 3.05) is 26.2 Å². The molecule has 2 N–H and O–H groups in total. The fourth-order valence-electron chi connectivity index (χ4n) is 2.35. The van der Waals surface area contributed by atoms with E-state index < -0.39 is 0 Å². The van der Waals surface area contributed by atoms with Gasteiger partial charge in [0.15, 0.2) is 0 Å². The number of nitrogens with zero attached hydrogens (tertiary/aromatic N) is 2. The highest BCUT2D eigenvalue weighted by Crippen LogP contribution is 2.09. The Bertz CT molecular complexity index is 432. The summed E-state index contributed by atoms with van der Waals surface area (Å²) < 4.78 is 7.44. The number of rotatable bonds is 4. The molecule has 0 bridgehead atoms. The molecule has 0 spiro atoms. The van der Waals surface area contributed by atoms with Gasteiger partial charge in [-0.15, -0.1) is 0 Å². The maximum absolute atomic E-state index is 11.6. The quantitative estimate of drug-likeness (QED) is 0.811. The maximum Gasteiger partial charge on any atom is 0.250 e. The Morgan fingerprint density at radius 2 is 2.22 bits per heavy atom. The summed E-state index contributed by atoms with van der Waals surface area (Å²) in [5, 5.41) is 0. The lowest BCUT2D eigenvalue weighted by molar-refractivity contribution is -0.0726. The van der Waals surface area contributed by atoms with E-state index in [9.17, 15) is 4.79 Å². The van der Waals surface area contributed by atoms with Gasteiger partial charge in [-0.05, 0) is 13.0 Å². The van der Waals surface area contributed by atoms with Crippen LogP contribution in [0.2, 0.25) is 0 Å². The SMILES string of the molecule is CC1CN(CCn2ccccc2=O)CC(CN)O1. The molecule has 2 atom stereocenters. The molecular weight excluding hydrogens is 230 g/mol. The molecule has 1 aromatic heterocycles. The van der Waals surface area contributed by atoms with Crippen LogP contribution in [-0.4, -0.2) is 47.9 Å². The fraction of sp³-hybridized carbons (Fsp3) is 0.615. The molecule has 18 heavy (non-hydrogen) atoms. The summed E-state index contributed by atoms with van der Waals surface area (Å²) in [6.45, 7) is 5.92. The fourth-order valence-corrected chi connectivity index (χ4v) is 2.35. The summed E-state index contributed by atoms with van der Waals surface area (Å²) in [7, 11) is 0. The molecule has 2 heterocycles. The predicted octanol–water partition coefficient (Wildman–Crippen LogP) is -0.104. The summed E-state index contributed by atoms with van der Waals surface area (Å²) in [6.07, 6.45) is 2.15. The van der Waals surface area contributed by atoms with E-state index >= 15 is 0 Å². The van der Waals surface area contributed by atoms with Crippen LogP contribution in [0, 0.1) is 0 Å². The second-order valence-corrected chi connectivity index (χ2v) is 4.80. The monoisotopic (exact) mass is 251 g/mol. The lowest BCUT2D eigenvalue weighted by Crippen LogP contribution is -2.50. The van der Waals surface area contributed by atoms with Gasteiger partial charge < -0.3 is 15.0 Å². The first-order valence-corrected chi connectivity index (χ1v) is 6.42. The van der Waals surface area contributed by atoms with Gasteiger partial charge in [-0.3, -0.25) is 9.69 Å². The first-order valence-electron chi connectivity index (χ1n) is 6.42. The molecule has 1 saturated heterocycles. The molecule has 5 heteroatoms. The van der Waals surface area contributed by atoms with E-state index in [1.165, 1.54) is 0 Å². The number of pyridine rings is 1. The number of ether oxygens (including phenoxy) is 1. The lowest BCUT2D eigenvalue weighted by atomic mass is 10.2. The van der Waals surface area contributed by atoms with Crippen molar-refractivity contribution in [1.29, 1.82) is 0 Å². The van der Waals surface area contributed by atoms with Gasteiger partial charge in [0.25, 0.3) is 5.56 Å². The Hall–Kier alpha value is -1.17. The predicted molar refractivity (Wildman–Crippen MR) is 70.5 cm³/mol. The van der Waals surface area contributed by atoms with Crippen LogP contribution in [0.4, 0.5) is 0 Å². The van der Waals surface area contributed by atoms with Crippen LogP contribution in [0.1, 0.15) is 6.92 Å². The molecule has 1 aliphatic heterocycles. The van der Waals surface area contributed by atoms with Crippen LogP contribution < -0.4 is 11.3 Å². The summed E-state index contributed by atoms with van der Waals surface area (Å²) in [6, 6.07) is 5.23. The molecule has 5 nitrogen and oxygen atoms in total. The van der Waals surface area contributed by atoms with Crippen molar-refractivity contribution in [3.63, 3.8) is 0 Å². The number of hydrogen-bond acceptors (Lipinski definition) is 4.